The van der Waals surface area contributed by atoms with Crippen LogP contribution in [0, 0.1) is 18.6 Å². The van der Waals surface area contributed by atoms with Gasteiger partial charge in [0.25, 0.3) is 0 Å². The highest BCUT2D eigenvalue weighted by Gasteiger charge is 2.53. The summed E-state index contributed by atoms with van der Waals surface area (Å²) in [6, 6.07) is 2.48. The number of halogens is 2. The Morgan fingerprint density at radius 1 is 1.40 bits per heavy atom. The molecule has 2 nitrogen and oxygen atoms in total. The standard InChI is InChI=1S/C11H10F2O2/c1-6-4-7(9(13)8(12)5-6)11(2-3-11)10(14)15/h4-5H,2-3H2,1H3,(H,14,15). The summed E-state index contributed by atoms with van der Waals surface area (Å²) in [6.07, 6.45) is 0.754. The average Bonchev–Trinajstić information content (AvgIpc) is 2.91. The molecule has 0 spiro atoms. The van der Waals surface area contributed by atoms with E-state index in [1.165, 1.54) is 6.07 Å². The molecule has 80 valence electrons. The van der Waals surface area contributed by atoms with Crippen LogP contribution in [0.25, 0.3) is 0 Å². The normalized spacial score (nSPS) is 17.5. The number of hydrogen-bond donors (Lipinski definition) is 1. The maximum Gasteiger partial charge on any atom is 0.314 e. The Labute approximate surface area is 85.5 Å². The predicted octanol–water partition coefficient (Wildman–Crippen LogP) is 2.39. The SMILES string of the molecule is Cc1cc(F)c(F)c(C2(C(=O)O)CC2)c1. The van der Waals surface area contributed by atoms with Gasteiger partial charge in [0.2, 0.25) is 0 Å². The van der Waals surface area contributed by atoms with Crippen molar-refractivity contribution in [1.82, 2.24) is 0 Å². The highest BCUT2D eigenvalue weighted by Crippen LogP contribution is 2.49. The van der Waals surface area contributed by atoms with Crippen molar-refractivity contribution in [3.05, 3.63) is 34.9 Å². The van der Waals surface area contributed by atoms with Crippen LogP contribution in [0.5, 0.6) is 0 Å². The summed E-state index contributed by atoms with van der Waals surface area (Å²) < 4.78 is 26.5. The highest BCUT2D eigenvalue weighted by molar-refractivity contribution is 5.85. The third-order valence-electron chi connectivity index (χ3n) is 2.85. The molecule has 1 aromatic rings. The quantitative estimate of drug-likeness (QED) is 0.817. The third-order valence-corrected chi connectivity index (χ3v) is 2.85. The van der Waals surface area contributed by atoms with Crippen LogP contribution in [0.4, 0.5) is 8.78 Å². The minimum atomic E-state index is -1.18. The molecular formula is C11H10F2O2. The Morgan fingerprint density at radius 3 is 2.47 bits per heavy atom. The van der Waals surface area contributed by atoms with Gasteiger partial charge in [-0.1, -0.05) is 6.07 Å². The van der Waals surface area contributed by atoms with E-state index in [2.05, 4.69) is 0 Å². The Balaban J connectivity index is 2.58. The molecule has 0 amide bonds. The number of hydrogen-bond acceptors (Lipinski definition) is 1. The summed E-state index contributed by atoms with van der Waals surface area (Å²) in [5, 5.41) is 8.97. The van der Waals surface area contributed by atoms with Crippen LogP contribution in [0.3, 0.4) is 0 Å². The number of carbonyl (C=O) groups is 1. The van der Waals surface area contributed by atoms with Crippen molar-refractivity contribution in [2.24, 2.45) is 0 Å². The summed E-state index contributed by atoms with van der Waals surface area (Å²) in [5.41, 5.74) is -0.666. The molecule has 1 saturated carbocycles. The van der Waals surface area contributed by atoms with Crippen molar-refractivity contribution in [2.45, 2.75) is 25.2 Å². The van der Waals surface area contributed by atoms with Gasteiger partial charge >= 0.3 is 5.97 Å². The molecule has 1 aliphatic carbocycles. The second-order valence-electron chi connectivity index (χ2n) is 4.00. The molecule has 0 heterocycles. The van der Waals surface area contributed by atoms with Gasteiger partial charge < -0.3 is 5.11 Å². The Hall–Kier alpha value is -1.45. The van der Waals surface area contributed by atoms with Crippen LogP contribution in [0.15, 0.2) is 12.1 Å². The molecule has 0 bridgehead atoms. The van der Waals surface area contributed by atoms with Crippen molar-refractivity contribution in [1.29, 1.82) is 0 Å². The third kappa shape index (κ3) is 1.40. The second-order valence-corrected chi connectivity index (χ2v) is 4.00. The second kappa shape index (κ2) is 3.02. The molecule has 0 radical (unpaired) electrons. The van der Waals surface area contributed by atoms with Crippen LogP contribution in [0.2, 0.25) is 0 Å². The molecule has 0 saturated heterocycles. The van der Waals surface area contributed by atoms with Crippen molar-refractivity contribution in [3.8, 4) is 0 Å². The smallest absolute Gasteiger partial charge is 0.314 e. The van der Waals surface area contributed by atoms with Gasteiger partial charge in [0, 0.05) is 5.56 Å². The molecule has 0 unspecified atom stereocenters. The molecule has 0 aromatic heterocycles. The van der Waals surface area contributed by atoms with Gasteiger partial charge in [-0.25, -0.2) is 8.78 Å². The highest BCUT2D eigenvalue weighted by atomic mass is 19.2. The largest absolute Gasteiger partial charge is 0.481 e. The van der Waals surface area contributed by atoms with Gasteiger partial charge in [-0.15, -0.1) is 0 Å². The number of aryl methyl sites for hydroxylation is 1. The van der Waals surface area contributed by atoms with Gasteiger partial charge in [0.1, 0.15) is 0 Å². The van der Waals surface area contributed by atoms with Crippen LogP contribution < -0.4 is 0 Å². The molecule has 1 fully saturated rings. The molecule has 1 N–H and O–H groups in total. The van der Waals surface area contributed by atoms with Gasteiger partial charge in [0.05, 0.1) is 5.41 Å². The summed E-state index contributed by atoms with van der Waals surface area (Å²) in [4.78, 5) is 11.0. The van der Waals surface area contributed by atoms with Gasteiger partial charge in [-0.3, -0.25) is 4.79 Å². The minimum Gasteiger partial charge on any atom is -0.481 e. The molecule has 0 atom stereocenters. The summed E-state index contributed by atoms with van der Waals surface area (Å²) in [7, 11) is 0. The van der Waals surface area contributed by atoms with Crippen LogP contribution in [-0.4, -0.2) is 11.1 Å². The predicted molar refractivity (Wildman–Crippen MR) is 49.6 cm³/mol. The number of benzene rings is 1. The monoisotopic (exact) mass is 212 g/mol. The fourth-order valence-electron chi connectivity index (χ4n) is 1.80. The van der Waals surface area contributed by atoms with Crippen molar-refractivity contribution in [2.75, 3.05) is 0 Å². The van der Waals surface area contributed by atoms with E-state index in [4.69, 9.17) is 5.11 Å². The zero-order chi connectivity index (χ0) is 11.2. The number of carboxylic acids is 1. The van der Waals surface area contributed by atoms with E-state index in [-0.39, 0.29) is 5.56 Å². The molecule has 15 heavy (non-hydrogen) atoms. The molecule has 1 aliphatic rings. The summed E-state index contributed by atoms with van der Waals surface area (Å²) in [6.45, 7) is 1.62. The fourth-order valence-corrected chi connectivity index (χ4v) is 1.80. The molecule has 1 aromatic carbocycles. The van der Waals surface area contributed by atoms with Crippen LogP contribution in [0.1, 0.15) is 24.0 Å². The summed E-state index contributed by atoms with van der Waals surface area (Å²) in [5.74, 6) is -3.08. The lowest BCUT2D eigenvalue weighted by atomic mass is 9.94. The van der Waals surface area contributed by atoms with E-state index in [0.717, 1.165) is 6.07 Å². The maximum atomic E-state index is 13.4. The molecular weight excluding hydrogens is 202 g/mol. The van der Waals surface area contributed by atoms with Crippen LogP contribution in [-0.2, 0) is 10.2 Å². The summed E-state index contributed by atoms with van der Waals surface area (Å²) >= 11 is 0. The van der Waals surface area contributed by atoms with E-state index >= 15 is 0 Å². The van der Waals surface area contributed by atoms with Gasteiger partial charge in [-0.2, -0.15) is 0 Å². The lowest BCUT2D eigenvalue weighted by Crippen LogP contribution is -2.21. The first-order valence-electron chi connectivity index (χ1n) is 4.67. The number of aliphatic carboxylic acids is 1. The van der Waals surface area contributed by atoms with E-state index in [9.17, 15) is 13.6 Å². The first-order chi connectivity index (χ1) is 6.97. The van der Waals surface area contributed by atoms with E-state index in [1.807, 2.05) is 0 Å². The van der Waals surface area contributed by atoms with E-state index < -0.39 is 23.0 Å². The first-order valence-corrected chi connectivity index (χ1v) is 4.67. The fraction of sp³-hybridized carbons (Fsp3) is 0.364. The Kier molecular flexibility index (Phi) is 2.03. The lowest BCUT2D eigenvalue weighted by molar-refractivity contribution is -0.140. The number of rotatable bonds is 2. The molecule has 4 heteroatoms. The average molecular weight is 212 g/mol. The topological polar surface area (TPSA) is 37.3 Å². The van der Waals surface area contributed by atoms with Crippen molar-refractivity contribution >= 4 is 5.97 Å². The van der Waals surface area contributed by atoms with Crippen molar-refractivity contribution in [3.63, 3.8) is 0 Å². The Bertz CT molecular complexity index is 436. The zero-order valence-electron chi connectivity index (χ0n) is 8.18. The van der Waals surface area contributed by atoms with E-state index in [1.54, 1.807) is 6.92 Å². The zero-order valence-corrected chi connectivity index (χ0v) is 8.18. The number of carboxylic acid groups (broad SMARTS) is 1. The molecule has 0 aliphatic heterocycles. The van der Waals surface area contributed by atoms with Crippen LogP contribution >= 0.6 is 0 Å². The Morgan fingerprint density at radius 2 is 2.00 bits per heavy atom. The lowest BCUT2D eigenvalue weighted by Gasteiger charge is -2.12. The maximum absolute atomic E-state index is 13.4. The van der Waals surface area contributed by atoms with E-state index in [0.29, 0.717) is 18.4 Å². The van der Waals surface area contributed by atoms with Crippen molar-refractivity contribution < 1.29 is 18.7 Å². The van der Waals surface area contributed by atoms with Gasteiger partial charge in [0.15, 0.2) is 11.6 Å². The first kappa shape index (κ1) is 10.1. The minimum absolute atomic E-state index is 0.0208. The molecule has 2 rings (SSSR count). The van der Waals surface area contributed by atoms with Gasteiger partial charge in [-0.05, 0) is 31.4 Å².